The number of nitrogens with zero attached hydrogens (tertiary/aromatic N) is 4. The molecule has 3 heterocycles. The highest BCUT2D eigenvalue weighted by Crippen LogP contribution is 2.32. The SMILES string of the molecule is CCCC(C)n1cc(-c2ccnc3c2cc(OCC[Si](C)(C)C)n3C)cn1. The average Bonchev–Trinajstić information content (AvgIpc) is 3.20. The van der Waals surface area contributed by atoms with Crippen LogP contribution in [0.1, 0.15) is 32.7 Å². The first-order chi connectivity index (χ1) is 12.8. The summed E-state index contributed by atoms with van der Waals surface area (Å²) >= 11 is 0. The van der Waals surface area contributed by atoms with Crippen LogP contribution in [-0.4, -0.2) is 34.0 Å². The van der Waals surface area contributed by atoms with Gasteiger partial charge in [0.05, 0.1) is 12.8 Å². The van der Waals surface area contributed by atoms with Gasteiger partial charge in [-0.05, 0) is 31.0 Å². The Morgan fingerprint density at radius 3 is 2.74 bits per heavy atom. The molecule has 0 bridgehead atoms. The quantitative estimate of drug-likeness (QED) is 0.481. The lowest BCUT2D eigenvalue weighted by molar-refractivity contribution is 0.315. The Balaban J connectivity index is 1.90. The Hall–Kier alpha value is -2.08. The van der Waals surface area contributed by atoms with Gasteiger partial charge in [0, 0.05) is 50.6 Å². The predicted octanol–water partition coefficient (Wildman–Crippen LogP) is 5.51. The second-order valence-corrected chi connectivity index (χ2v) is 14.3. The molecule has 0 amide bonds. The van der Waals surface area contributed by atoms with E-state index in [0.29, 0.717) is 6.04 Å². The van der Waals surface area contributed by atoms with Crippen molar-refractivity contribution in [2.45, 2.75) is 58.4 Å². The van der Waals surface area contributed by atoms with Gasteiger partial charge in [-0.3, -0.25) is 9.25 Å². The number of fused-ring (bicyclic) bond motifs is 1. The molecule has 5 nitrogen and oxygen atoms in total. The van der Waals surface area contributed by atoms with Crippen molar-refractivity contribution in [2.24, 2.45) is 7.05 Å². The van der Waals surface area contributed by atoms with Gasteiger partial charge in [-0.25, -0.2) is 4.98 Å². The van der Waals surface area contributed by atoms with Gasteiger partial charge in [0.15, 0.2) is 5.88 Å². The van der Waals surface area contributed by atoms with E-state index in [0.717, 1.165) is 53.5 Å². The fourth-order valence-electron chi connectivity index (χ4n) is 3.32. The molecule has 1 unspecified atom stereocenters. The summed E-state index contributed by atoms with van der Waals surface area (Å²) in [4.78, 5) is 4.58. The molecule has 0 aliphatic rings. The monoisotopic (exact) mass is 384 g/mol. The van der Waals surface area contributed by atoms with Crippen LogP contribution in [0.15, 0.2) is 30.7 Å². The number of rotatable bonds is 8. The molecule has 0 spiro atoms. The highest BCUT2D eigenvalue weighted by Gasteiger charge is 2.17. The summed E-state index contributed by atoms with van der Waals surface area (Å²) in [6.07, 6.45) is 8.27. The highest BCUT2D eigenvalue weighted by atomic mass is 28.3. The number of aryl methyl sites for hydroxylation is 1. The smallest absolute Gasteiger partial charge is 0.195 e. The van der Waals surface area contributed by atoms with Crippen molar-refractivity contribution in [3.05, 3.63) is 30.7 Å². The van der Waals surface area contributed by atoms with Crippen molar-refractivity contribution in [1.29, 1.82) is 0 Å². The van der Waals surface area contributed by atoms with Crippen LogP contribution in [0.25, 0.3) is 22.2 Å². The summed E-state index contributed by atoms with van der Waals surface area (Å²) in [6, 6.07) is 5.75. The van der Waals surface area contributed by atoms with Crippen LogP contribution in [-0.2, 0) is 7.05 Å². The predicted molar refractivity (Wildman–Crippen MR) is 115 cm³/mol. The fourth-order valence-corrected chi connectivity index (χ4v) is 4.03. The van der Waals surface area contributed by atoms with E-state index in [1.807, 2.05) is 24.0 Å². The molecule has 3 aromatic heterocycles. The summed E-state index contributed by atoms with van der Waals surface area (Å²) in [5.41, 5.74) is 3.24. The molecule has 3 rings (SSSR count). The Kier molecular flexibility index (Phi) is 5.74. The Bertz CT molecular complexity index is 907. The molecule has 0 radical (unpaired) electrons. The third-order valence-electron chi connectivity index (χ3n) is 5.06. The van der Waals surface area contributed by atoms with Gasteiger partial charge in [-0.2, -0.15) is 5.10 Å². The van der Waals surface area contributed by atoms with E-state index < -0.39 is 8.07 Å². The maximum atomic E-state index is 6.10. The number of ether oxygens (including phenoxy) is 1. The van der Waals surface area contributed by atoms with Crippen molar-refractivity contribution in [1.82, 2.24) is 19.3 Å². The van der Waals surface area contributed by atoms with Gasteiger partial charge in [0.1, 0.15) is 5.65 Å². The molecule has 0 aromatic carbocycles. The van der Waals surface area contributed by atoms with Gasteiger partial charge in [0.25, 0.3) is 0 Å². The Labute approximate surface area is 163 Å². The highest BCUT2D eigenvalue weighted by molar-refractivity contribution is 6.76. The Morgan fingerprint density at radius 2 is 2.04 bits per heavy atom. The summed E-state index contributed by atoms with van der Waals surface area (Å²) in [5.74, 6) is 0.884. The van der Waals surface area contributed by atoms with E-state index in [1.54, 1.807) is 0 Å². The normalized spacial score (nSPS) is 13.3. The standard InChI is InChI=1S/C21H32N4OSi/c1-7-8-16(2)25-15-17(14-23-25)18-9-10-22-21-19(18)13-20(24(21)3)26-11-12-27(4,5)6/h9-10,13-16H,7-8,11-12H2,1-6H3. The topological polar surface area (TPSA) is 44.9 Å². The molecule has 146 valence electrons. The van der Waals surface area contributed by atoms with Crippen molar-refractivity contribution in [3.63, 3.8) is 0 Å². The fraction of sp³-hybridized carbons (Fsp3) is 0.524. The number of pyridine rings is 1. The molecule has 27 heavy (non-hydrogen) atoms. The maximum absolute atomic E-state index is 6.10. The third-order valence-corrected chi connectivity index (χ3v) is 6.76. The molecule has 0 aliphatic carbocycles. The van der Waals surface area contributed by atoms with Crippen LogP contribution in [0.5, 0.6) is 5.88 Å². The van der Waals surface area contributed by atoms with Crippen LogP contribution < -0.4 is 4.74 Å². The summed E-state index contributed by atoms with van der Waals surface area (Å²) in [7, 11) is 0.917. The van der Waals surface area contributed by atoms with Crippen LogP contribution in [0, 0.1) is 0 Å². The van der Waals surface area contributed by atoms with Gasteiger partial charge in [-0.1, -0.05) is 33.0 Å². The van der Waals surface area contributed by atoms with Crippen molar-refractivity contribution in [2.75, 3.05) is 6.61 Å². The minimum absolute atomic E-state index is 0.414. The van der Waals surface area contributed by atoms with E-state index in [9.17, 15) is 0 Å². The largest absolute Gasteiger partial charge is 0.479 e. The lowest BCUT2D eigenvalue weighted by atomic mass is 10.1. The maximum Gasteiger partial charge on any atom is 0.195 e. The van der Waals surface area contributed by atoms with Gasteiger partial charge < -0.3 is 4.74 Å². The number of hydrogen-bond donors (Lipinski definition) is 0. The minimum Gasteiger partial charge on any atom is -0.479 e. The second kappa shape index (κ2) is 7.88. The van der Waals surface area contributed by atoms with Gasteiger partial charge in [-0.15, -0.1) is 0 Å². The molecule has 0 N–H and O–H groups in total. The van der Waals surface area contributed by atoms with Gasteiger partial charge >= 0.3 is 0 Å². The molecule has 1 atom stereocenters. The number of hydrogen-bond acceptors (Lipinski definition) is 3. The average molecular weight is 385 g/mol. The third kappa shape index (κ3) is 4.43. The zero-order valence-corrected chi connectivity index (χ0v) is 18.5. The molecular formula is C21H32N4OSi. The van der Waals surface area contributed by atoms with Crippen LogP contribution in [0.4, 0.5) is 0 Å². The zero-order valence-electron chi connectivity index (χ0n) is 17.5. The lowest BCUT2D eigenvalue weighted by Gasteiger charge is -2.15. The first-order valence-electron chi connectivity index (χ1n) is 9.92. The van der Waals surface area contributed by atoms with E-state index in [4.69, 9.17) is 4.74 Å². The molecule has 0 saturated heterocycles. The lowest BCUT2D eigenvalue weighted by Crippen LogP contribution is -2.22. The zero-order chi connectivity index (χ0) is 19.6. The summed E-state index contributed by atoms with van der Waals surface area (Å²) in [5, 5.41) is 5.70. The van der Waals surface area contributed by atoms with Gasteiger partial charge in [0.2, 0.25) is 0 Å². The summed E-state index contributed by atoms with van der Waals surface area (Å²) in [6.45, 7) is 12.3. The molecule has 6 heteroatoms. The van der Waals surface area contributed by atoms with Crippen molar-refractivity contribution >= 4 is 19.1 Å². The molecule has 0 aliphatic heterocycles. The minimum atomic E-state index is -1.11. The molecule has 3 aromatic rings. The van der Waals surface area contributed by atoms with Crippen molar-refractivity contribution in [3.8, 4) is 17.0 Å². The van der Waals surface area contributed by atoms with Crippen LogP contribution in [0.3, 0.4) is 0 Å². The summed E-state index contributed by atoms with van der Waals surface area (Å²) < 4.78 is 10.2. The van der Waals surface area contributed by atoms with E-state index in [2.05, 4.69) is 66.6 Å². The van der Waals surface area contributed by atoms with E-state index in [-0.39, 0.29) is 0 Å². The second-order valence-electron chi connectivity index (χ2n) is 8.64. The molecular weight excluding hydrogens is 352 g/mol. The number of aromatic nitrogens is 4. The van der Waals surface area contributed by atoms with Crippen LogP contribution >= 0.6 is 0 Å². The van der Waals surface area contributed by atoms with E-state index >= 15 is 0 Å². The molecule has 0 fully saturated rings. The Morgan fingerprint density at radius 1 is 1.26 bits per heavy atom. The van der Waals surface area contributed by atoms with E-state index in [1.165, 1.54) is 0 Å². The first kappa shape index (κ1) is 19.7. The molecule has 0 saturated carbocycles. The first-order valence-corrected chi connectivity index (χ1v) is 13.6. The van der Waals surface area contributed by atoms with Crippen molar-refractivity contribution < 1.29 is 4.74 Å². The van der Waals surface area contributed by atoms with Crippen LogP contribution in [0.2, 0.25) is 25.7 Å².